The minimum Gasteiger partial charge on any atom is -0.409 e. The molecule has 1 aromatic heterocycles. The number of carbonyl (C=O) groups is 1. The summed E-state index contributed by atoms with van der Waals surface area (Å²) in [7, 11) is 0. The summed E-state index contributed by atoms with van der Waals surface area (Å²) in [6, 6.07) is 0. The minimum atomic E-state index is -0.422. The number of amidine groups is 1. The van der Waals surface area contributed by atoms with E-state index in [0.29, 0.717) is 0 Å². The van der Waals surface area contributed by atoms with E-state index in [0.717, 1.165) is 5.69 Å². The topological polar surface area (TPSA) is 113 Å². The normalized spacial score (nSPS) is 11.1. The molecule has 1 aromatic rings. The lowest BCUT2D eigenvalue weighted by atomic mass is 10.4. The average molecular weight is 209 g/mol. The molecule has 1 rings (SSSR count). The van der Waals surface area contributed by atoms with Crippen LogP contribution in [0.1, 0.15) is 16.2 Å². The van der Waals surface area contributed by atoms with E-state index in [-0.39, 0.29) is 18.1 Å². The maximum atomic E-state index is 11.4. The second kappa shape index (κ2) is 4.89. The van der Waals surface area contributed by atoms with Gasteiger partial charge in [-0.1, -0.05) is 5.16 Å². The van der Waals surface area contributed by atoms with E-state index in [1.54, 1.807) is 6.92 Å². The van der Waals surface area contributed by atoms with Gasteiger partial charge in [0.2, 0.25) is 0 Å². The molecule has 0 saturated carbocycles. The van der Waals surface area contributed by atoms with Gasteiger partial charge in [0, 0.05) is 6.20 Å². The number of oxime groups is 1. The quantitative estimate of drug-likeness (QED) is 0.262. The lowest BCUT2D eigenvalue weighted by Gasteiger charge is -2.02. The van der Waals surface area contributed by atoms with Crippen molar-refractivity contribution in [1.82, 2.24) is 15.3 Å². The first-order chi connectivity index (χ1) is 7.13. The predicted molar refractivity (Wildman–Crippen MR) is 52.5 cm³/mol. The summed E-state index contributed by atoms with van der Waals surface area (Å²) in [6.45, 7) is 1.73. The predicted octanol–water partition coefficient (Wildman–Crippen LogP) is -0.739. The van der Waals surface area contributed by atoms with Crippen LogP contribution in [-0.4, -0.2) is 33.5 Å². The zero-order valence-corrected chi connectivity index (χ0v) is 8.14. The molecule has 0 aliphatic carbocycles. The first kappa shape index (κ1) is 10.9. The molecule has 7 heteroatoms. The molecule has 1 heterocycles. The van der Waals surface area contributed by atoms with Gasteiger partial charge < -0.3 is 16.3 Å². The summed E-state index contributed by atoms with van der Waals surface area (Å²) in [5, 5.41) is 13.4. The van der Waals surface area contributed by atoms with Crippen molar-refractivity contribution in [2.24, 2.45) is 10.9 Å². The number of aromatic nitrogens is 2. The van der Waals surface area contributed by atoms with Crippen LogP contribution >= 0.6 is 0 Å². The van der Waals surface area contributed by atoms with Crippen LogP contribution in [0.3, 0.4) is 0 Å². The zero-order chi connectivity index (χ0) is 11.3. The molecule has 0 saturated heterocycles. The van der Waals surface area contributed by atoms with Crippen molar-refractivity contribution in [1.29, 1.82) is 0 Å². The SMILES string of the molecule is Cc1cnc(C(=O)NCC(N)=NO)cn1. The van der Waals surface area contributed by atoms with Crippen molar-refractivity contribution in [2.45, 2.75) is 6.92 Å². The van der Waals surface area contributed by atoms with Gasteiger partial charge in [-0.25, -0.2) is 4.98 Å². The fourth-order valence-corrected chi connectivity index (χ4v) is 0.807. The van der Waals surface area contributed by atoms with Gasteiger partial charge in [0.05, 0.1) is 18.4 Å². The number of nitrogens with two attached hydrogens (primary N) is 1. The number of hydrogen-bond donors (Lipinski definition) is 3. The highest BCUT2D eigenvalue weighted by atomic mass is 16.4. The highest BCUT2D eigenvalue weighted by molar-refractivity contribution is 5.95. The summed E-state index contributed by atoms with van der Waals surface area (Å²) in [6.07, 6.45) is 2.84. The van der Waals surface area contributed by atoms with E-state index in [1.807, 2.05) is 0 Å². The Morgan fingerprint density at radius 3 is 2.87 bits per heavy atom. The Hall–Kier alpha value is -2.18. The fourth-order valence-electron chi connectivity index (χ4n) is 0.807. The van der Waals surface area contributed by atoms with Gasteiger partial charge in [-0.05, 0) is 6.92 Å². The van der Waals surface area contributed by atoms with Crippen molar-refractivity contribution in [3.05, 3.63) is 23.8 Å². The Kier molecular flexibility index (Phi) is 3.55. The Balaban J connectivity index is 2.58. The van der Waals surface area contributed by atoms with E-state index in [2.05, 4.69) is 20.4 Å². The van der Waals surface area contributed by atoms with Crippen LogP contribution in [0.4, 0.5) is 0 Å². The zero-order valence-electron chi connectivity index (χ0n) is 8.14. The average Bonchev–Trinajstić information content (AvgIpc) is 2.26. The molecule has 80 valence electrons. The smallest absolute Gasteiger partial charge is 0.271 e. The van der Waals surface area contributed by atoms with Gasteiger partial charge in [0.25, 0.3) is 5.91 Å². The lowest BCUT2D eigenvalue weighted by molar-refractivity contribution is 0.0953. The molecule has 0 spiro atoms. The van der Waals surface area contributed by atoms with E-state index in [9.17, 15) is 4.79 Å². The highest BCUT2D eigenvalue weighted by Crippen LogP contribution is 1.93. The van der Waals surface area contributed by atoms with Crippen LogP contribution < -0.4 is 11.1 Å². The Labute approximate surface area is 86.0 Å². The van der Waals surface area contributed by atoms with Crippen LogP contribution in [0, 0.1) is 6.92 Å². The van der Waals surface area contributed by atoms with Crippen LogP contribution in [0.25, 0.3) is 0 Å². The largest absolute Gasteiger partial charge is 0.409 e. The number of hydrogen-bond acceptors (Lipinski definition) is 5. The molecule has 1 amide bonds. The number of nitrogens with one attached hydrogen (secondary N) is 1. The second-order valence-electron chi connectivity index (χ2n) is 2.82. The number of aryl methyl sites for hydroxylation is 1. The van der Waals surface area contributed by atoms with Crippen LogP contribution in [0.5, 0.6) is 0 Å². The van der Waals surface area contributed by atoms with Gasteiger partial charge in [-0.3, -0.25) is 9.78 Å². The Morgan fingerprint density at radius 1 is 1.60 bits per heavy atom. The molecule has 7 nitrogen and oxygen atoms in total. The molecule has 0 bridgehead atoms. The summed E-state index contributed by atoms with van der Waals surface area (Å²) < 4.78 is 0. The molecule has 0 atom stereocenters. The highest BCUT2D eigenvalue weighted by Gasteiger charge is 2.07. The van der Waals surface area contributed by atoms with Crippen molar-refractivity contribution < 1.29 is 10.0 Å². The van der Waals surface area contributed by atoms with Gasteiger partial charge in [-0.2, -0.15) is 0 Å². The number of amides is 1. The standard InChI is InChI=1S/C8H11N5O2/c1-5-2-11-6(3-10-5)8(14)12-4-7(9)13-15/h2-3,15H,4H2,1H3,(H2,9,13)(H,12,14). The molecular weight excluding hydrogens is 198 g/mol. The third-order valence-electron chi connectivity index (χ3n) is 1.57. The van der Waals surface area contributed by atoms with E-state index in [1.165, 1.54) is 12.4 Å². The summed E-state index contributed by atoms with van der Waals surface area (Å²) >= 11 is 0. The number of carbonyl (C=O) groups excluding carboxylic acids is 1. The molecule has 0 aliphatic heterocycles. The fraction of sp³-hybridized carbons (Fsp3) is 0.250. The monoisotopic (exact) mass is 209 g/mol. The molecule has 0 unspecified atom stereocenters. The van der Waals surface area contributed by atoms with Crippen LogP contribution in [0.2, 0.25) is 0 Å². The summed E-state index contributed by atoms with van der Waals surface area (Å²) in [5.74, 6) is -0.502. The first-order valence-electron chi connectivity index (χ1n) is 4.16. The minimum absolute atomic E-state index is 0.0368. The molecule has 0 aliphatic rings. The number of nitrogens with zero attached hydrogens (tertiary/aromatic N) is 3. The van der Waals surface area contributed by atoms with Gasteiger partial charge >= 0.3 is 0 Å². The molecule has 0 fully saturated rings. The maximum Gasteiger partial charge on any atom is 0.271 e. The lowest BCUT2D eigenvalue weighted by Crippen LogP contribution is -2.34. The van der Waals surface area contributed by atoms with Crippen LogP contribution in [0.15, 0.2) is 17.5 Å². The molecule has 0 aromatic carbocycles. The maximum absolute atomic E-state index is 11.4. The second-order valence-corrected chi connectivity index (χ2v) is 2.82. The van der Waals surface area contributed by atoms with Gasteiger partial charge in [0.1, 0.15) is 5.69 Å². The van der Waals surface area contributed by atoms with Crippen molar-refractivity contribution in [3.8, 4) is 0 Å². The van der Waals surface area contributed by atoms with E-state index >= 15 is 0 Å². The van der Waals surface area contributed by atoms with E-state index in [4.69, 9.17) is 10.9 Å². The molecule has 15 heavy (non-hydrogen) atoms. The molecular formula is C8H11N5O2. The Bertz CT molecular complexity index is 373. The Morgan fingerprint density at radius 2 is 2.33 bits per heavy atom. The number of rotatable bonds is 3. The first-order valence-corrected chi connectivity index (χ1v) is 4.16. The van der Waals surface area contributed by atoms with E-state index < -0.39 is 5.91 Å². The van der Waals surface area contributed by atoms with Gasteiger partial charge in [-0.15, -0.1) is 0 Å². The molecule has 4 N–H and O–H groups in total. The van der Waals surface area contributed by atoms with Crippen molar-refractivity contribution in [2.75, 3.05) is 6.54 Å². The van der Waals surface area contributed by atoms with Gasteiger partial charge in [0.15, 0.2) is 5.84 Å². The third kappa shape index (κ3) is 3.22. The molecule has 0 radical (unpaired) electrons. The van der Waals surface area contributed by atoms with Crippen LogP contribution in [-0.2, 0) is 0 Å². The summed E-state index contributed by atoms with van der Waals surface area (Å²) in [5.41, 5.74) is 6.08. The van der Waals surface area contributed by atoms with Crippen molar-refractivity contribution >= 4 is 11.7 Å². The van der Waals surface area contributed by atoms with Crippen molar-refractivity contribution in [3.63, 3.8) is 0 Å². The third-order valence-corrected chi connectivity index (χ3v) is 1.57. The summed E-state index contributed by atoms with van der Waals surface area (Å²) in [4.78, 5) is 19.1.